The van der Waals surface area contributed by atoms with E-state index in [0.717, 1.165) is 0 Å². The first-order valence-electron chi connectivity index (χ1n) is 8.25. The standard InChI is InChI=1S/C20H15N5O2/c26-20(17-10-11-19(24-23-17)25-13-12-21-14-25)22-16-8-4-5-9-18(16)27-15-6-2-1-3-7-15/h1-14H,(H,22,26). The number of para-hydroxylation sites is 3. The van der Waals surface area contributed by atoms with Crippen LogP contribution in [0.4, 0.5) is 5.69 Å². The minimum Gasteiger partial charge on any atom is -0.455 e. The molecular weight excluding hydrogens is 342 g/mol. The number of amides is 1. The van der Waals surface area contributed by atoms with Gasteiger partial charge in [0, 0.05) is 12.4 Å². The van der Waals surface area contributed by atoms with Crippen LogP contribution in [-0.2, 0) is 0 Å². The number of anilines is 1. The first-order valence-corrected chi connectivity index (χ1v) is 8.25. The van der Waals surface area contributed by atoms with Crippen LogP contribution in [0.5, 0.6) is 11.5 Å². The van der Waals surface area contributed by atoms with Crippen molar-refractivity contribution in [3.8, 4) is 17.3 Å². The van der Waals surface area contributed by atoms with Gasteiger partial charge in [-0.05, 0) is 36.4 Å². The average molecular weight is 357 g/mol. The zero-order chi connectivity index (χ0) is 18.5. The molecule has 27 heavy (non-hydrogen) atoms. The molecule has 1 amide bonds. The van der Waals surface area contributed by atoms with Gasteiger partial charge in [0.2, 0.25) is 0 Å². The van der Waals surface area contributed by atoms with Crippen LogP contribution in [0.15, 0.2) is 85.5 Å². The number of carbonyl (C=O) groups is 1. The van der Waals surface area contributed by atoms with Crippen LogP contribution in [0.25, 0.3) is 5.82 Å². The van der Waals surface area contributed by atoms with Gasteiger partial charge in [0.25, 0.3) is 5.91 Å². The second-order valence-electron chi connectivity index (χ2n) is 5.61. The molecule has 132 valence electrons. The van der Waals surface area contributed by atoms with Crippen molar-refractivity contribution in [2.45, 2.75) is 0 Å². The van der Waals surface area contributed by atoms with E-state index in [1.807, 2.05) is 42.5 Å². The van der Waals surface area contributed by atoms with E-state index in [0.29, 0.717) is 23.0 Å². The highest BCUT2D eigenvalue weighted by Crippen LogP contribution is 2.29. The van der Waals surface area contributed by atoms with Crippen molar-refractivity contribution in [1.29, 1.82) is 0 Å². The molecule has 0 aliphatic rings. The zero-order valence-corrected chi connectivity index (χ0v) is 14.2. The topological polar surface area (TPSA) is 81.9 Å². The van der Waals surface area contributed by atoms with Crippen LogP contribution < -0.4 is 10.1 Å². The van der Waals surface area contributed by atoms with Crippen LogP contribution >= 0.6 is 0 Å². The Morgan fingerprint density at radius 2 is 1.74 bits per heavy atom. The summed E-state index contributed by atoms with van der Waals surface area (Å²) in [7, 11) is 0. The molecule has 0 saturated heterocycles. The number of rotatable bonds is 5. The van der Waals surface area contributed by atoms with E-state index in [4.69, 9.17) is 4.74 Å². The molecule has 0 aliphatic carbocycles. The van der Waals surface area contributed by atoms with Gasteiger partial charge < -0.3 is 10.1 Å². The Morgan fingerprint density at radius 1 is 0.926 bits per heavy atom. The Kier molecular flexibility index (Phi) is 4.57. The van der Waals surface area contributed by atoms with Gasteiger partial charge in [-0.15, -0.1) is 10.2 Å². The second-order valence-corrected chi connectivity index (χ2v) is 5.61. The van der Waals surface area contributed by atoms with Crippen molar-refractivity contribution in [3.63, 3.8) is 0 Å². The van der Waals surface area contributed by atoms with Crippen LogP contribution in [0.3, 0.4) is 0 Å². The Morgan fingerprint density at radius 3 is 2.48 bits per heavy atom. The fraction of sp³-hybridized carbons (Fsp3) is 0. The maximum atomic E-state index is 12.5. The predicted molar refractivity (Wildman–Crippen MR) is 100 cm³/mol. The second kappa shape index (κ2) is 7.49. The van der Waals surface area contributed by atoms with Gasteiger partial charge >= 0.3 is 0 Å². The normalized spacial score (nSPS) is 10.4. The molecule has 0 aliphatic heterocycles. The first kappa shape index (κ1) is 16.5. The number of imidazole rings is 1. The molecule has 0 bridgehead atoms. The van der Waals surface area contributed by atoms with E-state index in [1.165, 1.54) is 0 Å². The van der Waals surface area contributed by atoms with E-state index in [9.17, 15) is 4.79 Å². The molecule has 0 spiro atoms. The molecule has 4 aromatic rings. The Hall–Kier alpha value is -4.00. The van der Waals surface area contributed by atoms with Crippen molar-refractivity contribution >= 4 is 11.6 Å². The quantitative estimate of drug-likeness (QED) is 0.589. The molecule has 4 rings (SSSR count). The molecule has 0 atom stereocenters. The molecular formula is C20H15N5O2. The SMILES string of the molecule is O=C(Nc1ccccc1Oc1ccccc1)c1ccc(-n2ccnc2)nn1. The fourth-order valence-electron chi connectivity index (χ4n) is 2.44. The minimum atomic E-state index is -0.371. The number of ether oxygens (including phenoxy) is 1. The fourth-order valence-corrected chi connectivity index (χ4v) is 2.44. The third-order valence-electron chi connectivity index (χ3n) is 3.76. The number of benzene rings is 2. The van der Waals surface area contributed by atoms with E-state index in [1.54, 1.807) is 47.6 Å². The number of nitrogens with one attached hydrogen (secondary N) is 1. The summed E-state index contributed by atoms with van der Waals surface area (Å²) in [4.78, 5) is 16.5. The van der Waals surface area contributed by atoms with E-state index >= 15 is 0 Å². The first-order chi connectivity index (χ1) is 13.3. The third kappa shape index (κ3) is 3.82. The molecule has 7 nitrogen and oxygen atoms in total. The van der Waals surface area contributed by atoms with E-state index in [2.05, 4.69) is 20.5 Å². The lowest BCUT2D eigenvalue weighted by atomic mass is 10.2. The number of hydrogen-bond donors (Lipinski definition) is 1. The maximum Gasteiger partial charge on any atom is 0.276 e. The lowest BCUT2D eigenvalue weighted by Crippen LogP contribution is -2.15. The van der Waals surface area contributed by atoms with Gasteiger partial charge in [-0.25, -0.2) is 4.98 Å². The van der Waals surface area contributed by atoms with Crippen LogP contribution in [-0.4, -0.2) is 25.7 Å². The highest BCUT2D eigenvalue weighted by Gasteiger charge is 2.12. The number of carbonyl (C=O) groups excluding carboxylic acids is 1. The summed E-state index contributed by atoms with van der Waals surface area (Å²) in [5.74, 6) is 1.43. The van der Waals surface area contributed by atoms with E-state index in [-0.39, 0.29) is 11.6 Å². The molecule has 0 unspecified atom stereocenters. The summed E-state index contributed by atoms with van der Waals surface area (Å²) in [6.07, 6.45) is 5.01. The van der Waals surface area contributed by atoms with Crippen molar-refractivity contribution in [2.75, 3.05) is 5.32 Å². The van der Waals surface area contributed by atoms with Crippen molar-refractivity contribution in [3.05, 3.63) is 91.1 Å². The van der Waals surface area contributed by atoms with Crippen molar-refractivity contribution in [2.24, 2.45) is 0 Å². The molecule has 0 radical (unpaired) electrons. The largest absolute Gasteiger partial charge is 0.455 e. The predicted octanol–water partition coefficient (Wildman–Crippen LogP) is 3.71. The van der Waals surface area contributed by atoms with Crippen LogP contribution in [0.2, 0.25) is 0 Å². The molecule has 2 aromatic heterocycles. The molecule has 2 heterocycles. The molecule has 7 heteroatoms. The molecule has 0 fully saturated rings. The summed E-state index contributed by atoms with van der Waals surface area (Å²) in [6, 6.07) is 19.9. The van der Waals surface area contributed by atoms with Gasteiger partial charge in [-0.2, -0.15) is 0 Å². The number of hydrogen-bond acceptors (Lipinski definition) is 5. The third-order valence-corrected chi connectivity index (χ3v) is 3.76. The zero-order valence-electron chi connectivity index (χ0n) is 14.2. The summed E-state index contributed by atoms with van der Waals surface area (Å²) in [6.45, 7) is 0. The lowest BCUT2D eigenvalue weighted by Gasteiger charge is -2.12. The monoisotopic (exact) mass is 357 g/mol. The molecule has 2 aromatic carbocycles. The highest BCUT2D eigenvalue weighted by atomic mass is 16.5. The summed E-state index contributed by atoms with van der Waals surface area (Å²) in [5, 5.41) is 10.9. The van der Waals surface area contributed by atoms with Gasteiger partial charge in [0.05, 0.1) is 5.69 Å². The Bertz CT molecular complexity index is 1030. The summed E-state index contributed by atoms with van der Waals surface area (Å²) >= 11 is 0. The average Bonchev–Trinajstić information content (AvgIpc) is 3.25. The lowest BCUT2D eigenvalue weighted by molar-refractivity contribution is 0.102. The minimum absolute atomic E-state index is 0.202. The number of nitrogens with zero attached hydrogens (tertiary/aromatic N) is 4. The highest BCUT2D eigenvalue weighted by molar-refractivity contribution is 6.03. The van der Waals surface area contributed by atoms with E-state index < -0.39 is 0 Å². The van der Waals surface area contributed by atoms with Gasteiger partial charge in [-0.3, -0.25) is 9.36 Å². The smallest absolute Gasteiger partial charge is 0.276 e. The number of aromatic nitrogens is 4. The van der Waals surface area contributed by atoms with Gasteiger partial charge in [-0.1, -0.05) is 30.3 Å². The van der Waals surface area contributed by atoms with Gasteiger partial charge in [0.1, 0.15) is 12.1 Å². The Labute approximate surface area is 155 Å². The van der Waals surface area contributed by atoms with Crippen molar-refractivity contribution < 1.29 is 9.53 Å². The Balaban J connectivity index is 1.51. The summed E-state index contributed by atoms with van der Waals surface area (Å²) in [5.41, 5.74) is 0.750. The summed E-state index contributed by atoms with van der Waals surface area (Å²) < 4.78 is 7.56. The van der Waals surface area contributed by atoms with Crippen LogP contribution in [0, 0.1) is 0 Å². The van der Waals surface area contributed by atoms with Crippen LogP contribution in [0.1, 0.15) is 10.5 Å². The van der Waals surface area contributed by atoms with Gasteiger partial charge in [0.15, 0.2) is 17.3 Å². The molecule has 0 saturated carbocycles. The van der Waals surface area contributed by atoms with Crippen molar-refractivity contribution in [1.82, 2.24) is 19.7 Å². The maximum absolute atomic E-state index is 12.5. The molecule has 1 N–H and O–H groups in total.